The molecule has 2 unspecified atom stereocenters. The van der Waals surface area contributed by atoms with E-state index in [-0.39, 0.29) is 11.7 Å². The summed E-state index contributed by atoms with van der Waals surface area (Å²) in [7, 11) is 1.59. The number of anilines is 1. The summed E-state index contributed by atoms with van der Waals surface area (Å²) in [5.74, 6) is 1.52. The quantitative estimate of drug-likeness (QED) is 0.212. The maximum atomic E-state index is 13.0. The van der Waals surface area contributed by atoms with Crippen LogP contribution in [0.25, 0.3) is 5.69 Å². The van der Waals surface area contributed by atoms with Crippen molar-refractivity contribution in [2.75, 3.05) is 12.4 Å². The summed E-state index contributed by atoms with van der Waals surface area (Å²) in [6.45, 7) is 5.18. The van der Waals surface area contributed by atoms with Crippen LogP contribution in [-0.2, 0) is 4.79 Å². The van der Waals surface area contributed by atoms with Gasteiger partial charge >= 0.3 is 0 Å². The smallest absolute Gasteiger partial charge is 0.237 e. The van der Waals surface area contributed by atoms with Crippen LogP contribution in [0, 0.1) is 0 Å². The van der Waals surface area contributed by atoms with Gasteiger partial charge in [0, 0.05) is 16.9 Å². The van der Waals surface area contributed by atoms with Gasteiger partial charge in [0.2, 0.25) is 5.91 Å². The van der Waals surface area contributed by atoms with Crippen LogP contribution < -0.4 is 14.8 Å². The van der Waals surface area contributed by atoms with Crippen molar-refractivity contribution >= 4 is 29.1 Å². The van der Waals surface area contributed by atoms with Crippen LogP contribution in [-0.4, -0.2) is 38.8 Å². The minimum atomic E-state index is -0.495. The van der Waals surface area contributed by atoms with Crippen LogP contribution in [0.4, 0.5) is 5.69 Å². The van der Waals surface area contributed by atoms with E-state index >= 15 is 0 Å². The molecule has 1 aromatic heterocycles. The summed E-state index contributed by atoms with van der Waals surface area (Å²) in [5, 5.41) is 11.8. The van der Waals surface area contributed by atoms with E-state index < -0.39 is 11.4 Å². The Morgan fingerprint density at radius 2 is 1.62 bits per heavy atom. The van der Waals surface area contributed by atoms with Crippen molar-refractivity contribution in [3.8, 4) is 17.2 Å². The number of rotatable bonds is 10. The number of Topliss-reactive ketones (excluding diaryl/α,β-unsaturated/α-hetero) is 1. The van der Waals surface area contributed by atoms with Crippen LogP contribution in [0.3, 0.4) is 0 Å². The van der Waals surface area contributed by atoms with Gasteiger partial charge < -0.3 is 14.8 Å². The Morgan fingerprint density at radius 1 is 0.919 bits per heavy atom. The number of carbonyl (C=O) groups excluding carboxylic acids is 2. The van der Waals surface area contributed by atoms with Gasteiger partial charge in [-0.15, -0.1) is 10.2 Å². The van der Waals surface area contributed by atoms with Crippen LogP contribution >= 0.6 is 11.8 Å². The first-order valence-electron chi connectivity index (χ1n) is 11.8. The molecule has 0 spiro atoms. The van der Waals surface area contributed by atoms with Gasteiger partial charge in [-0.3, -0.25) is 14.2 Å². The fourth-order valence-electron chi connectivity index (χ4n) is 3.67. The summed E-state index contributed by atoms with van der Waals surface area (Å²) in [4.78, 5) is 24.7. The highest BCUT2D eigenvalue weighted by atomic mass is 32.2. The maximum absolute atomic E-state index is 13.0. The lowest BCUT2D eigenvalue weighted by molar-refractivity contribution is -0.115. The van der Waals surface area contributed by atoms with Gasteiger partial charge in [-0.05, 0) is 57.2 Å². The number of nitrogens with one attached hydrogen (secondary N) is 1. The zero-order chi connectivity index (χ0) is 26.4. The molecule has 3 aromatic carbocycles. The van der Waals surface area contributed by atoms with E-state index in [1.807, 2.05) is 66.1 Å². The van der Waals surface area contributed by atoms with Crippen LogP contribution in [0.2, 0.25) is 0 Å². The van der Waals surface area contributed by atoms with Gasteiger partial charge in [-0.1, -0.05) is 54.2 Å². The zero-order valence-corrected chi connectivity index (χ0v) is 21.9. The first kappa shape index (κ1) is 26.0. The molecule has 1 N–H and O–H groups in total. The molecule has 9 heteroatoms. The molecule has 0 bridgehead atoms. The van der Waals surface area contributed by atoms with Crippen molar-refractivity contribution in [2.45, 2.75) is 37.3 Å². The number of ether oxygens (including phenoxy) is 2. The monoisotopic (exact) mass is 516 g/mol. The van der Waals surface area contributed by atoms with Gasteiger partial charge in [0.25, 0.3) is 0 Å². The number of amides is 1. The third kappa shape index (κ3) is 6.18. The number of hydrogen-bond donors (Lipinski definition) is 1. The van der Waals surface area contributed by atoms with Gasteiger partial charge in [-0.25, -0.2) is 0 Å². The van der Waals surface area contributed by atoms with Gasteiger partial charge in [0.05, 0.1) is 12.4 Å². The Hall–Kier alpha value is -4.11. The van der Waals surface area contributed by atoms with E-state index in [0.29, 0.717) is 33.7 Å². The molecule has 0 radical (unpaired) electrons. The lowest BCUT2D eigenvalue weighted by atomic mass is 10.1. The second kappa shape index (κ2) is 11.7. The SMILES string of the molecule is COc1ccccc1OC(C)c1nnc(SC(C)C(=O)Nc2cccc(C(C)=O)c2)n1-c1ccccc1. The maximum Gasteiger partial charge on any atom is 0.237 e. The van der Waals surface area contributed by atoms with Crippen LogP contribution in [0.1, 0.15) is 43.1 Å². The van der Waals surface area contributed by atoms with Crippen LogP contribution in [0.5, 0.6) is 11.5 Å². The first-order chi connectivity index (χ1) is 17.9. The van der Waals surface area contributed by atoms with E-state index in [9.17, 15) is 9.59 Å². The van der Waals surface area contributed by atoms with E-state index in [1.54, 1.807) is 38.3 Å². The van der Waals surface area contributed by atoms with Crippen LogP contribution in [0.15, 0.2) is 84.0 Å². The summed E-state index contributed by atoms with van der Waals surface area (Å²) < 4.78 is 13.5. The number of hydrogen-bond acceptors (Lipinski definition) is 7. The number of carbonyl (C=O) groups is 2. The molecule has 1 amide bonds. The number of nitrogens with zero attached hydrogens (tertiary/aromatic N) is 3. The van der Waals surface area contributed by atoms with Gasteiger partial charge in [0.1, 0.15) is 0 Å². The second-order valence-electron chi connectivity index (χ2n) is 8.31. The zero-order valence-electron chi connectivity index (χ0n) is 21.0. The Bertz CT molecular complexity index is 1390. The molecule has 0 fully saturated rings. The topological polar surface area (TPSA) is 95.3 Å². The number of benzene rings is 3. The average molecular weight is 517 g/mol. The van der Waals surface area contributed by atoms with Crippen molar-refractivity contribution in [1.29, 1.82) is 0 Å². The van der Waals surface area contributed by atoms with Crippen molar-refractivity contribution < 1.29 is 19.1 Å². The molecule has 4 rings (SSSR count). The third-order valence-corrected chi connectivity index (χ3v) is 6.64. The molecule has 37 heavy (non-hydrogen) atoms. The van der Waals surface area contributed by atoms with E-state index in [1.165, 1.54) is 18.7 Å². The Kier molecular flexibility index (Phi) is 8.25. The van der Waals surface area contributed by atoms with Crippen molar-refractivity contribution in [2.24, 2.45) is 0 Å². The number of aromatic nitrogens is 3. The van der Waals surface area contributed by atoms with E-state index in [0.717, 1.165) is 5.69 Å². The molecule has 190 valence electrons. The highest BCUT2D eigenvalue weighted by Crippen LogP contribution is 2.33. The summed E-state index contributed by atoms with van der Waals surface area (Å²) in [6.07, 6.45) is -0.461. The standard InChI is InChI=1S/C28H28N4O4S/c1-18(33)21-11-10-12-22(17-21)29-27(34)20(3)37-28-31-30-26(32(28)23-13-6-5-7-14-23)19(2)36-25-16-9-8-15-24(25)35-4/h5-17,19-20H,1-4H3,(H,29,34). The van der Waals surface area contributed by atoms with Crippen molar-refractivity contribution in [3.63, 3.8) is 0 Å². The molecule has 0 saturated carbocycles. The van der Waals surface area contributed by atoms with Gasteiger partial charge in [0.15, 0.2) is 34.4 Å². The van der Waals surface area contributed by atoms with E-state index in [2.05, 4.69) is 15.5 Å². The largest absolute Gasteiger partial charge is 0.493 e. The Balaban J connectivity index is 1.58. The lowest BCUT2D eigenvalue weighted by Gasteiger charge is -2.18. The van der Waals surface area contributed by atoms with Gasteiger partial charge in [-0.2, -0.15) is 0 Å². The molecule has 2 atom stereocenters. The average Bonchev–Trinajstić information content (AvgIpc) is 3.33. The third-order valence-electron chi connectivity index (χ3n) is 5.60. The fourth-order valence-corrected chi connectivity index (χ4v) is 4.55. The summed E-state index contributed by atoms with van der Waals surface area (Å²) >= 11 is 1.29. The predicted molar refractivity (Wildman–Crippen MR) is 144 cm³/mol. The first-order valence-corrected chi connectivity index (χ1v) is 12.6. The number of methoxy groups -OCH3 is 1. The molecule has 0 aliphatic carbocycles. The highest BCUT2D eigenvalue weighted by molar-refractivity contribution is 8.00. The summed E-state index contributed by atoms with van der Waals surface area (Å²) in [5.41, 5.74) is 1.95. The molecule has 0 aliphatic rings. The minimum absolute atomic E-state index is 0.0634. The normalized spacial score (nSPS) is 12.4. The predicted octanol–water partition coefficient (Wildman–Crippen LogP) is 5.74. The number of thioether (sulfide) groups is 1. The molecule has 0 aliphatic heterocycles. The highest BCUT2D eigenvalue weighted by Gasteiger charge is 2.25. The second-order valence-corrected chi connectivity index (χ2v) is 9.62. The van der Waals surface area contributed by atoms with Crippen molar-refractivity contribution in [1.82, 2.24) is 14.8 Å². The molecule has 1 heterocycles. The number of ketones is 1. The lowest BCUT2D eigenvalue weighted by Crippen LogP contribution is -2.23. The minimum Gasteiger partial charge on any atom is -0.493 e. The molecule has 8 nitrogen and oxygen atoms in total. The van der Waals surface area contributed by atoms with E-state index in [4.69, 9.17) is 9.47 Å². The summed E-state index contributed by atoms with van der Waals surface area (Å²) in [6, 6.07) is 24.0. The van der Waals surface area contributed by atoms with Crippen molar-refractivity contribution in [3.05, 3.63) is 90.3 Å². The Labute approximate surface area is 220 Å². The number of para-hydroxylation sites is 3. The molecule has 4 aromatic rings. The molecule has 0 saturated heterocycles. The molecular formula is C28H28N4O4S. The molecular weight excluding hydrogens is 488 g/mol. The fraction of sp³-hybridized carbons (Fsp3) is 0.214. The Morgan fingerprint density at radius 3 is 2.32 bits per heavy atom.